The first-order valence-corrected chi connectivity index (χ1v) is 9.15. The lowest BCUT2D eigenvalue weighted by molar-refractivity contribution is -0.165. The molecule has 6 heteroatoms. The van der Waals surface area contributed by atoms with E-state index in [1.807, 2.05) is 12.2 Å². The van der Waals surface area contributed by atoms with Gasteiger partial charge in [0, 0.05) is 5.56 Å². The number of carbonyl (C=O) groups excluding carboxylic acids is 3. The first-order valence-electron chi connectivity index (χ1n) is 9.15. The van der Waals surface area contributed by atoms with E-state index in [2.05, 4.69) is 0 Å². The van der Waals surface area contributed by atoms with Crippen molar-refractivity contribution in [1.29, 1.82) is 0 Å². The number of allylic oxidation sites excluding steroid dienone is 2. The molecule has 0 unspecified atom stereocenters. The Morgan fingerprint density at radius 3 is 2.07 bits per heavy atom. The van der Waals surface area contributed by atoms with Crippen molar-refractivity contribution < 1.29 is 28.6 Å². The Kier molecular flexibility index (Phi) is 4.50. The van der Waals surface area contributed by atoms with Crippen LogP contribution in [0.5, 0.6) is 5.75 Å². The van der Waals surface area contributed by atoms with E-state index in [4.69, 9.17) is 14.2 Å². The summed E-state index contributed by atoms with van der Waals surface area (Å²) in [6.07, 6.45) is 5.12. The van der Waals surface area contributed by atoms with Crippen molar-refractivity contribution in [2.24, 2.45) is 35.5 Å². The third kappa shape index (κ3) is 3.03. The normalized spacial score (nSPS) is 32.4. The molecule has 4 aliphatic carbocycles. The first-order chi connectivity index (χ1) is 13.0. The number of fused-ring (bicyclic) bond motifs is 1. The summed E-state index contributed by atoms with van der Waals surface area (Å²) in [5, 5.41) is 0. The van der Waals surface area contributed by atoms with Crippen molar-refractivity contribution in [3.63, 3.8) is 0 Å². The summed E-state index contributed by atoms with van der Waals surface area (Å²) in [6.45, 7) is -0.343. The van der Waals surface area contributed by atoms with Gasteiger partial charge >= 0.3 is 11.9 Å². The van der Waals surface area contributed by atoms with Gasteiger partial charge in [0.25, 0.3) is 0 Å². The lowest BCUT2D eigenvalue weighted by Gasteiger charge is -2.41. The topological polar surface area (TPSA) is 78.9 Å². The number of hydrogen-bond acceptors (Lipinski definition) is 6. The number of Topliss-reactive ketones (excluding diaryl/α,β-unsaturated/α-hetero) is 1. The van der Waals surface area contributed by atoms with Crippen LogP contribution < -0.4 is 4.74 Å². The summed E-state index contributed by atoms with van der Waals surface area (Å²) >= 11 is 0. The van der Waals surface area contributed by atoms with Gasteiger partial charge in [-0.3, -0.25) is 14.4 Å². The minimum Gasteiger partial charge on any atom is -0.497 e. The van der Waals surface area contributed by atoms with Gasteiger partial charge in [0.1, 0.15) is 5.75 Å². The number of ether oxygens (including phenoxy) is 3. The smallest absolute Gasteiger partial charge is 0.310 e. The Hall–Kier alpha value is -2.63. The van der Waals surface area contributed by atoms with Crippen LogP contribution in [0.2, 0.25) is 0 Å². The zero-order valence-electron chi connectivity index (χ0n) is 15.3. The monoisotopic (exact) mass is 370 g/mol. The maximum Gasteiger partial charge on any atom is 0.310 e. The fourth-order valence-electron chi connectivity index (χ4n) is 4.75. The molecule has 2 bridgehead atoms. The van der Waals surface area contributed by atoms with Crippen LogP contribution in [-0.2, 0) is 19.1 Å². The van der Waals surface area contributed by atoms with E-state index < -0.39 is 17.8 Å². The summed E-state index contributed by atoms with van der Waals surface area (Å²) in [4.78, 5) is 37.4. The minimum atomic E-state index is -0.570. The molecule has 2 fully saturated rings. The summed E-state index contributed by atoms with van der Waals surface area (Å²) in [6, 6.07) is 6.62. The van der Waals surface area contributed by atoms with Crippen LogP contribution in [0, 0.1) is 35.5 Å². The van der Waals surface area contributed by atoms with Crippen molar-refractivity contribution in [3.05, 3.63) is 42.0 Å². The second-order valence-corrected chi connectivity index (χ2v) is 7.44. The second-order valence-electron chi connectivity index (χ2n) is 7.44. The van der Waals surface area contributed by atoms with Crippen LogP contribution >= 0.6 is 0 Å². The van der Waals surface area contributed by atoms with Crippen molar-refractivity contribution in [2.75, 3.05) is 20.8 Å². The molecule has 1 aromatic carbocycles. The molecule has 0 heterocycles. The van der Waals surface area contributed by atoms with Gasteiger partial charge in [-0.15, -0.1) is 0 Å². The fourth-order valence-corrected chi connectivity index (χ4v) is 4.75. The average Bonchev–Trinajstić information content (AvgIpc) is 3.53. The van der Waals surface area contributed by atoms with Gasteiger partial charge in [-0.05, 0) is 54.4 Å². The van der Waals surface area contributed by atoms with Gasteiger partial charge in [0.2, 0.25) is 0 Å². The zero-order valence-corrected chi connectivity index (χ0v) is 15.3. The van der Waals surface area contributed by atoms with Crippen molar-refractivity contribution >= 4 is 17.7 Å². The molecule has 27 heavy (non-hydrogen) atoms. The Bertz CT molecular complexity index is 795. The summed E-state index contributed by atoms with van der Waals surface area (Å²) < 4.78 is 15.4. The predicted octanol–water partition coefficient (Wildman–Crippen LogP) is 2.28. The average molecular weight is 370 g/mol. The van der Waals surface area contributed by atoms with Gasteiger partial charge < -0.3 is 14.2 Å². The number of methoxy groups -OCH3 is 2. The maximum absolute atomic E-state index is 12.8. The van der Waals surface area contributed by atoms with E-state index in [0.717, 1.165) is 6.42 Å². The number of esters is 2. The molecule has 0 aromatic heterocycles. The first kappa shape index (κ1) is 17.8. The Labute approximate surface area is 157 Å². The number of benzene rings is 1. The Morgan fingerprint density at radius 1 is 0.926 bits per heavy atom. The third-order valence-corrected chi connectivity index (χ3v) is 6.15. The summed E-state index contributed by atoms with van der Waals surface area (Å²) in [7, 11) is 2.89. The van der Waals surface area contributed by atoms with E-state index in [-0.39, 0.29) is 30.2 Å². The van der Waals surface area contributed by atoms with Gasteiger partial charge in [-0.2, -0.15) is 0 Å². The van der Waals surface area contributed by atoms with Crippen LogP contribution in [0.3, 0.4) is 0 Å². The highest BCUT2D eigenvalue weighted by atomic mass is 16.5. The van der Waals surface area contributed by atoms with Gasteiger partial charge in [0.05, 0.1) is 26.1 Å². The number of hydrogen-bond donors (Lipinski definition) is 0. The van der Waals surface area contributed by atoms with Crippen LogP contribution in [-0.4, -0.2) is 38.5 Å². The van der Waals surface area contributed by atoms with Crippen LogP contribution in [0.15, 0.2) is 36.4 Å². The van der Waals surface area contributed by atoms with Crippen LogP contribution in [0.25, 0.3) is 0 Å². The lowest BCUT2D eigenvalue weighted by atomic mass is 9.62. The summed E-state index contributed by atoms with van der Waals surface area (Å²) in [5.74, 6) is -0.660. The van der Waals surface area contributed by atoms with E-state index >= 15 is 0 Å². The molecule has 1 aromatic rings. The molecule has 2 saturated carbocycles. The maximum atomic E-state index is 12.8. The Balaban J connectivity index is 1.44. The molecule has 0 amide bonds. The number of carbonyl (C=O) groups is 3. The molecule has 4 aliphatic rings. The Morgan fingerprint density at radius 2 is 1.52 bits per heavy atom. The van der Waals surface area contributed by atoms with Gasteiger partial charge in [-0.1, -0.05) is 12.2 Å². The number of ketones is 1. The van der Waals surface area contributed by atoms with Crippen LogP contribution in [0.4, 0.5) is 0 Å². The standard InChI is InChI=1S/C21H22O6/c1-25-12-5-3-11(4-6-12)17(22)10-27-21(24)19-14-8-7-13(15-9-16(14)15)18(19)20(23)26-2/h3-8,13-16,18-19H,9-10H2,1-2H3/t13-,14-,15-,16-,18+,19+/m1/s1. The largest absolute Gasteiger partial charge is 0.497 e. The highest BCUT2D eigenvalue weighted by molar-refractivity contribution is 5.98. The van der Waals surface area contributed by atoms with Crippen molar-refractivity contribution in [2.45, 2.75) is 6.42 Å². The molecule has 0 spiro atoms. The highest BCUT2D eigenvalue weighted by Gasteiger charge is 2.63. The van der Waals surface area contributed by atoms with E-state index in [9.17, 15) is 14.4 Å². The molecule has 0 saturated heterocycles. The minimum absolute atomic E-state index is 0.00677. The fraction of sp³-hybridized carbons (Fsp3) is 0.476. The molecule has 0 aliphatic heterocycles. The molecule has 6 atom stereocenters. The quantitative estimate of drug-likeness (QED) is 0.434. The molecular formula is C21H22O6. The van der Waals surface area contributed by atoms with E-state index in [1.54, 1.807) is 31.4 Å². The number of rotatable bonds is 6. The lowest BCUT2D eigenvalue weighted by Crippen LogP contribution is -2.47. The molecule has 0 radical (unpaired) electrons. The molecule has 0 N–H and O–H groups in total. The van der Waals surface area contributed by atoms with Crippen molar-refractivity contribution in [1.82, 2.24) is 0 Å². The van der Waals surface area contributed by atoms with Gasteiger partial charge in [0.15, 0.2) is 12.4 Å². The molecule has 6 nitrogen and oxygen atoms in total. The van der Waals surface area contributed by atoms with E-state index in [0.29, 0.717) is 23.1 Å². The molecule has 5 rings (SSSR count). The van der Waals surface area contributed by atoms with Crippen LogP contribution in [0.1, 0.15) is 16.8 Å². The van der Waals surface area contributed by atoms with Crippen molar-refractivity contribution in [3.8, 4) is 5.75 Å². The summed E-state index contributed by atoms with van der Waals surface area (Å²) in [5.41, 5.74) is 0.445. The molecule has 142 valence electrons. The third-order valence-electron chi connectivity index (χ3n) is 6.15. The SMILES string of the molecule is COC(=O)[C@H]1[C@@H]2C=C[C@H]([C@H]3C[C@H]23)[C@@H]1C(=O)OCC(=O)c1ccc(OC)cc1. The molecular weight excluding hydrogens is 348 g/mol. The predicted molar refractivity (Wildman–Crippen MR) is 95.0 cm³/mol. The van der Waals surface area contributed by atoms with Gasteiger partial charge in [-0.25, -0.2) is 0 Å². The second kappa shape index (κ2) is 6.83. The highest BCUT2D eigenvalue weighted by Crippen LogP contribution is 2.63. The van der Waals surface area contributed by atoms with E-state index in [1.165, 1.54) is 7.11 Å². The zero-order chi connectivity index (χ0) is 19.1.